The molecule has 14 aromatic carbocycles. The number of amides is 1. The first-order valence-corrected chi connectivity index (χ1v) is 49.4. The molecule has 1 amide bonds. The average Bonchev–Trinajstić information content (AvgIpc) is 0.758. The van der Waals surface area contributed by atoms with Crippen LogP contribution in [0.4, 0.5) is 68.2 Å². The molecule has 15 rings (SSSR count). The minimum Gasteiger partial charge on any atom is -0.457 e. The van der Waals surface area contributed by atoms with E-state index in [0.29, 0.717) is 65.9 Å². The Hall–Kier alpha value is -10.1. The number of rotatable bonds is 26. The highest BCUT2D eigenvalue weighted by Gasteiger charge is 2.18. The minimum atomic E-state index is -0.457. The summed E-state index contributed by atoms with van der Waals surface area (Å²) in [4.78, 5) is 30.6. The first-order valence-electron chi connectivity index (χ1n) is 43.3. The van der Waals surface area contributed by atoms with Crippen LogP contribution in [0, 0.1) is 13.7 Å². The zero-order valence-electron chi connectivity index (χ0n) is 75.7. The van der Waals surface area contributed by atoms with Crippen LogP contribution < -0.4 is 66.8 Å². The van der Waals surface area contributed by atoms with Gasteiger partial charge in [0.25, 0.3) is 5.69 Å². The summed E-state index contributed by atoms with van der Waals surface area (Å²) in [6.45, 7) is 34.5. The second kappa shape index (κ2) is 53.9. The first-order chi connectivity index (χ1) is 64.0. The number of carbonyl (C=O) groups is 1. The quantitative estimate of drug-likeness (QED) is 0.00390. The molecular weight excluding hydrogens is 2130 g/mol. The number of benzene rings is 14. The molecule has 1 aromatic heterocycles. The molecule has 1 heterocycles. The van der Waals surface area contributed by atoms with Gasteiger partial charge < -0.3 is 61.3 Å². The summed E-state index contributed by atoms with van der Waals surface area (Å²) in [7, 11) is 0. The van der Waals surface area contributed by atoms with E-state index in [4.69, 9.17) is 106 Å². The molecule has 8 N–H and O–H groups in total. The van der Waals surface area contributed by atoms with Gasteiger partial charge in [0.05, 0.1) is 85.6 Å². The Morgan fingerprint density at radius 3 is 1.44 bits per heavy atom. The van der Waals surface area contributed by atoms with E-state index in [0.717, 1.165) is 184 Å². The highest BCUT2D eigenvalue weighted by atomic mass is 127. The van der Waals surface area contributed by atoms with Crippen molar-refractivity contribution < 1.29 is 23.6 Å². The number of aromatic nitrogens is 1. The third-order valence-corrected chi connectivity index (χ3v) is 24.6. The first kappa shape index (κ1) is 107. The number of hydrogen-bond donors (Lipinski definition) is 7. The standard InChI is InChI=1S/C28H28ClN5O3.C22H22ClN3O.C22H25ClN2O.C8H7BrClNO.C8H9BrClN.C8H9ClIN.C6H5BrClN/c1-4-30-25-18-28(26(17-24(25)29)32-31-20-10-12-21(13-11-20)34(35)36)37-27-9-7-8-19-16-22(14-15-23(19)27)33(5-2)6-3;1-4-24-19-13-21-20(12-17(19)23)25-18-10-7-14-11-15(26(5-2)6-3)8-9-16(14)22(18)27-21;1-4-24-21-15-18(11-13-20(21)23)26-22-9-7-8-16-14-17(10-12-19(16)22)25(5-2)6-3;1-5(12)11-8-4-6(9)2-3-7(8)10;1-2-11-8-5-6(9)3-4-7(8)10;1-2-11-8-5-6(10)3-4-7(8)9;7-4-1-2-5(8)6(9)3-4/h7-18,30H,4-6H2,1-3H3;7-13H,4-6H2,1-3H3;7-15,24H,4-6H2,1-3H3;2-4H,1H3,(H,11,12);2*3-5,11H,2H2,1H3;1-3H,9H2/p+1. The predicted octanol–water partition coefficient (Wildman–Crippen LogP) is 33.1. The molecule has 0 saturated carbocycles. The number of nitrogens with zero attached hydrogens (tertiary/aromatic N) is 7. The fourth-order valence-electron chi connectivity index (χ4n) is 13.6. The number of anilines is 9. The van der Waals surface area contributed by atoms with Gasteiger partial charge in [0.1, 0.15) is 47.1 Å². The Labute approximate surface area is 851 Å². The summed E-state index contributed by atoms with van der Waals surface area (Å²) >= 11 is 54.5. The molecule has 0 aliphatic heterocycles. The van der Waals surface area contributed by atoms with Gasteiger partial charge in [0.2, 0.25) is 11.3 Å². The van der Waals surface area contributed by atoms with Gasteiger partial charge >= 0.3 is 0 Å². The van der Waals surface area contributed by atoms with Crippen LogP contribution in [0.3, 0.4) is 0 Å². The highest BCUT2D eigenvalue weighted by Crippen LogP contribution is 2.44. The van der Waals surface area contributed by atoms with Crippen molar-refractivity contribution in [1.29, 1.82) is 0 Å². The number of nitro benzene ring substituents is 1. The van der Waals surface area contributed by atoms with Crippen LogP contribution in [0.1, 0.15) is 83.1 Å². The lowest BCUT2D eigenvalue weighted by Gasteiger charge is -2.21. The normalized spacial score (nSPS) is 10.6. The van der Waals surface area contributed by atoms with Crippen LogP contribution in [0.2, 0.25) is 35.2 Å². The molecule has 0 atom stereocenters. The number of hydrogen-bond acceptors (Lipinski definition) is 17. The lowest BCUT2D eigenvalue weighted by atomic mass is 10.1. The average molecular weight is 2240 g/mol. The van der Waals surface area contributed by atoms with Crippen LogP contribution in [0.5, 0.6) is 23.0 Å². The van der Waals surface area contributed by atoms with E-state index in [1.54, 1.807) is 36.4 Å². The molecule has 0 aliphatic rings. The fourth-order valence-corrected chi connectivity index (χ4v) is 16.5. The number of ether oxygens (including phenoxy) is 2. The molecule has 696 valence electrons. The van der Waals surface area contributed by atoms with Crippen molar-refractivity contribution in [2.75, 3.05) is 119 Å². The molecular formula is C102H106Br3Cl7IN14O6+. The molecule has 0 aliphatic carbocycles. The molecule has 0 radical (unpaired) electrons. The van der Waals surface area contributed by atoms with Crippen molar-refractivity contribution in [2.24, 2.45) is 10.2 Å². The van der Waals surface area contributed by atoms with Crippen molar-refractivity contribution in [3.05, 3.63) is 310 Å². The molecule has 0 saturated heterocycles. The predicted molar refractivity (Wildman–Crippen MR) is 587 cm³/mol. The van der Waals surface area contributed by atoms with Gasteiger partial charge in [-0.1, -0.05) is 159 Å². The number of halogens is 11. The molecule has 0 spiro atoms. The maximum absolute atomic E-state index is 10.9. The van der Waals surface area contributed by atoms with Crippen molar-refractivity contribution in [3.8, 4) is 23.0 Å². The maximum atomic E-state index is 10.9. The topological polar surface area (TPSA) is 237 Å². The van der Waals surface area contributed by atoms with Crippen LogP contribution in [0.15, 0.2) is 271 Å². The van der Waals surface area contributed by atoms with Gasteiger partial charge in [-0.25, -0.2) is 9.56 Å². The summed E-state index contributed by atoms with van der Waals surface area (Å²) in [5, 5.41) is 50.5. The van der Waals surface area contributed by atoms with Gasteiger partial charge in [-0.05, 0) is 285 Å². The second-order valence-corrected chi connectivity index (χ2v) is 36.0. The number of nitrogen functional groups attached to an aromatic ring is 1. The number of carbonyl (C=O) groups excluding carboxylic acids is 1. The number of nitro groups is 1. The van der Waals surface area contributed by atoms with E-state index in [9.17, 15) is 14.9 Å². The monoisotopic (exact) mass is 2230 g/mol. The second-order valence-electron chi connectivity index (χ2n) is 29.2. The van der Waals surface area contributed by atoms with E-state index in [1.807, 2.05) is 137 Å². The summed E-state index contributed by atoms with van der Waals surface area (Å²) in [5.74, 6) is 2.64. The van der Waals surface area contributed by atoms with Crippen molar-refractivity contribution in [2.45, 2.75) is 83.1 Å². The van der Waals surface area contributed by atoms with Gasteiger partial charge in [-0.3, -0.25) is 14.9 Å². The Bertz CT molecular complexity index is 6540. The fraction of sp³-hybridized carbons (Fsp3) is 0.225. The smallest absolute Gasteiger partial charge is 0.269 e. The van der Waals surface area contributed by atoms with Crippen LogP contribution >= 0.6 is 152 Å². The Balaban J connectivity index is 0.000000185. The van der Waals surface area contributed by atoms with E-state index in [2.05, 4.69) is 248 Å². The summed E-state index contributed by atoms with van der Waals surface area (Å²) in [5.41, 5.74) is 17.5. The van der Waals surface area contributed by atoms with E-state index >= 15 is 0 Å². The number of nitrogens with two attached hydrogens (primary N) is 1. The number of non-ortho nitro benzene ring substituents is 1. The maximum Gasteiger partial charge on any atom is 0.269 e. The molecule has 15 aromatic rings. The lowest BCUT2D eigenvalue weighted by Crippen LogP contribution is -2.29. The molecule has 133 heavy (non-hydrogen) atoms. The van der Waals surface area contributed by atoms with Gasteiger partial charge in [-0.15, -0.1) is 5.11 Å². The minimum absolute atomic E-state index is 0.0129. The van der Waals surface area contributed by atoms with Crippen molar-refractivity contribution >= 4 is 280 Å². The Morgan fingerprint density at radius 2 is 0.917 bits per heavy atom. The van der Waals surface area contributed by atoms with Gasteiger partial charge in [0, 0.05) is 153 Å². The number of azo groups is 1. The van der Waals surface area contributed by atoms with E-state index in [1.165, 1.54) is 51.2 Å². The van der Waals surface area contributed by atoms with Crippen LogP contribution in [0.25, 0.3) is 54.5 Å². The van der Waals surface area contributed by atoms with Crippen molar-refractivity contribution in [1.82, 2.24) is 9.56 Å². The van der Waals surface area contributed by atoms with E-state index in [-0.39, 0.29) is 11.6 Å². The Kier molecular flexibility index (Phi) is 43.2. The molecule has 0 unspecified atom stereocenters. The number of nitrogens with one attached hydrogen (secondary N) is 6. The Morgan fingerprint density at radius 1 is 0.451 bits per heavy atom. The lowest BCUT2D eigenvalue weighted by molar-refractivity contribution is -0.384. The number of fused-ring (bicyclic) bond motifs is 6. The molecule has 0 fully saturated rings. The molecule has 20 nitrogen and oxygen atoms in total. The van der Waals surface area contributed by atoms with E-state index < -0.39 is 4.92 Å². The van der Waals surface area contributed by atoms with Crippen LogP contribution in [-0.2, 0) is 4.79 Å². The molecule has 31 heteroatoms. The zero-order valence-corrected chi connectivity index (χ0v) is 87.9. The van der Waals surface area contributed by atoms with Gasteiger partial charge in [0.15, 0.2) is 16.9 Å². The van der Waals surface area contributed by atoms with Crippen molar-refractivity contribution in [3.63, 3.8) is 0 Å². The third-order valence-electron chi connectivity index (χ3n) is 20.1. The summed E-state index contributed by atoms with van der Waals surface area (Å²) in [6.07, 6.45) is 0. The summed E-state index contributed by atoms with van der Waals surface area (Å²) in [6, 6.07) is 76.7. The highest BCUT2D eigenvalue weighted by molar-refractivity contribution is 14.1. The zero-order chi connectivity index (χ0) is 96.4. The SMILES string of the molecule is CC(=O)Nc1cc(Br)ccc1Cl.CCNc1cc(Br)ccc1Cl.CCNc1cc(I)ccc1Cl.CCNc1cc(Oc2cccc3cc(N(CC)CC)ccc23)c(N=Nc2ccc([N+](=O)[O-])cc2)cc1Cl.CCNc1cc(Oc2cccc3cc(N(CC)CC)ccc23)ccc1Cl.CCNc1cc2oc3c(ccc4cc(=[N+](CC)CC)ccc43)nc2cc1Cl.Nc1cc(Br)ccc1Cl. The summed E-state index contributed by atoms with van der Waals surface area (Å²) < 4.78 is 25.3. The van der Waals surface area contributed by atoms with Crippen LogP contribution in [-0.4, -0.2) is 87.8 Å². The third kappa shape index (κ3) is 31.2. The largest absolute Gasteiger partial charge is 0.457 e. The van der Waals surface area contributed by atoms with Gasteiger partial charge in [-0.2, -0.15) is 5.11 Å². The molecule has 0 bridgehead atoms.